The zero-order chi connectivity index (χ0) is 38.0. The Balaban J connectivity index is 1.21. The zero-order valence-electron chi connectivity index (χ0n) is 32.1. The average molecular weight is 752 g/mol. The minimum absolute atomic E-state index is 0.0472. The summed E-state index contributed by atoms with van der Waals surface area (Å²) in [7, 11) is 0.972. The lowest BCUT2D eigenvalue weighted by molar-refractivity contribution is -0.149. The number of para-hydroxylation sites is 1. The van der Waals surface area contributed by atoms with Crippen LogP contribution in [0, 0.1) is 5.92 Å². The first-order valence-corrected chi connectivity index (χ1v) is 22.6. The van der Waals surface area contributed by atoms with Gasteiger partial charge in [-0.2, -0.15) is 0 Å². The second kappa shape index (κ2) is 13.8. The van der Waals surface area contributed by atoms with Gasteiger partial charge >= 0.3 is 0 Å². The molecule has 0 aromatic heterocycles. The molecule has 286 valence electrons. The lowest BCUT2D eigenvalue weighted by Crippen LogP contribution is -2.55. The molecule has 0 bridgehead atoms. The van der Waals surface area contributed by atoms with Crippen LogP contribution >= 0.6 is 0 Å². The van der Waals surface area contributed by atoms with E-state index in [1.807, 2.05) is 53.4 Å². The van der Waals surface area contributed by atoms with E-state index in [4.69, 9.17) is 9.47 Å². The SMILES string of the molecule is COc1ccc([Si](C)(C)[C@H]2[C@H](CC(=O)N3CCC[C@H]3CO)O[C@@]3(C(=O)N(C)c4ccc(N5CN(c6ccccc6)C6(CCNCC6)C5=O)cc43)[C@@H]2C)cc1. The zero-order valence-corrected chi connectivity index (χ0v) is 33.1. The predicted molar refractivity (Wildman–Crippen MR) is 212 cm³/mol. The molecule has 0 aliphatic carbocycles. The maximum Gasteiger partial charge on any atom is 0.264 e. The number of piperidine rings is 1. The van der Waals surface area contributed by atoms with Crippen molar-refractivity contribution in [3.05, 3.63) is 78.4 Å². The Hall–Kier alpha value is -4.23. The van der Waals surface area contributed by atoms with Crippen LogP contribution in [0.25, 0.3) is 0 Å². The topological polar surface area (TPSA) is 115 Å². The monoisotopic (exact) mass is 751 g/mol. The summed E-state index contributed by atoms with van der Waals surface area (Å²) in [6.07, 6.45) is 2.61. The molecule has 2 N–H and O–H groups in total. The maximum absolute atomic E-state index is 14.8. The highest BCUT2D eigenvalue weighted by Crippen LogP contribution is 2.60. The maximum atomic E-state index is 14.8. The molecule has 4 fully saturated rings. The predicted octanol–water partition coefficient (Wildman–Crippen LogP) is 4.19. The van der Waals surface area contributed by atoms with Crippen molar-refractivity contribution in [2.45, 2.75) is 80.9 Å². The molecule has 11 nitrogen and oxygen atoms in total. The second-order valence-corrected chi connectivity index (χ2v) is 21.1. The lowest BCUT2D eigenvalue weighted by atomic mass is 9.82. The summed E-state index contributed by atoms with van der Waals surface area (Å²) < 4.78 is 12.7. The number of hydrogen-bond donors (Lipinski definition) is 2. The highest BCUT2D eigenvalue weighted by molar-refractivity contribution is 6.91. The number of likely N-dealkylation sites (N-methyl/N-ethyl adjacent to an activating group) is 1. The van der Waals surface area contributed by atoms with Crippen LogP contribution in [0.2, 0.25) is 18.6 Å². The van der Waals surface area contributed by atoms with Gasteiger partial charge in [-0.3, -0.25) is 19.3 Å². The number of aliphatic hydroxyl groups is 1. The Morgan fingerprint density at radius 2 is 1.72 bits per heavy atom. The van der Waals surface area contributed by atoms with Gasteiger partial charge in [-0.25, -0.2) is 0 Å². The Bertz CT molecular complexity index is 1920. The van der Waals surface area contributed by atoms with Gasteiger partial charge in [0.25, 0.3) is 11.8 Å². The van der Waals surface area contributed by atoms with Crippen LogP contribution in [0.1, 0.15) is 44.6 Å². The number of aliphatic hydroxyl groups excluding tert-OH is 1. The quantitative estimate of drug-likeness (QED) is 0.330. The number of rotatable bonds is 8. The van der Waals surface area contributed by atoms with Crippen molar-refractivity contribution in [2.75, 3.05) is 61.8 Å². The summed E-state index contributed by atoms with van der Waals surface area (Å²) >= 11 is 0. The van der Waals surface area contributed by atoms with Gasteiger partial charge in [0.2, 0.25) is 5.91 Å². The summed E-state index contributed by atoms with van der Waals surface area (Å²) in [4.78, 5) is 51.3. The summed E-state index contributed by atoms with van der Waals surface area (Å²) in [5.74, 6) is 0.356. The molecular weight excluding hydrogens is 699 g/mol. The molecule has 4 saturated heterocycles. The number of carbonyl (C=O) groups is 3. The standard InChI is InChI=1S/C42H53N5O6Si/c1-28-38(54(4,5)33-16-14-32(52-3)15-17-33)36(25-37(49)45-23-9-12-31(45)26-48)53-42(28)34-24-30(13-18-35(34)44(2)40(42)51)46-27-47(29-10-7-6-8-11-29)41(39(46)50)19-21-43-22-20-41/h6-8,10-11,13-18,24,28,31,36,38,43,48H,9,12,19-23,25-27H2,1-5H3/t28-,31+,36+,38-,42+/m1/s1. The number of ether oxygens (including phenoxy) is 2. The molecule has 3 aromatic carbocycles. The molecule has 2 spiro atoms. The molecule has 5 atom stereocenters. The number of likely N-dealkylation sites (tertiary alicyclic amines) is 1. The Labute approximate surface area is 319 Å². The largest absolute Gasteiger partial charge is 0.497 e. The summed E-state index contributed by atoms with van der Waals surface area (Å²) in [5, 5.41) is 14.7. The van der Waals surface area contributed by atoms with E-state index in [9.17, 15) is 19.5 Å². The molecule has 0 saturated carbocycles. The number of hydrogen-bond acceptors (Lipinski definition) is 8. The fourth-order valence-corrected chi connectivity index (χ4v) is 14.6. The van der Waals surface area contributed by atoms with Crippen molar-refractivity contribution >= 4 is 48.0 Å². The van der Waals surface area contributed by atoms with Crippen LogP contribution in [0.15, 0.2) is 72.8 Å². The molecule has 54 heavy (non-hydrogen) atoms. The number of nitrogens with zero attached hydrogens (tertiary/aromatic N) is 4. The van der Waals surface area contributed by atoms with Gasteiger partial charge in [0.1, 0.15) is 11.3 Å². The number of amides is 3. The third kappa shape index (κ3) is 5.50. The van der Waals surface area contributed by atoms with Gasteiger partial charge in [-0.1, -0.05) is 55.5 Å². The highest BCUT2D eigenvalue weighted by atomic mass is 28.3. The minimum Gasteiger partial charge on any atom is -0.497 e. The normalized spacial score (nSPS) is 27.8. The Kier molecular flexibility index (Phi) is 9.39. The van der Waals surface area contributed by atoms with Crippen LogP contribution in [-0.2, 0) is 24.7 Å². The van der Waals surface area contributed by atoms with Crippen LogP contribution in [0.3, 0.4) is 0 Å². The summed E-state index contributed by atoms with van der Waals surface area (Å²) in [6.45, 7) is 9.19. The average Bonchev–Trinajstić information content (AvgIpc) is 3.92. The number of methoxy groups -OCH3 is 1. The molecule has 3 amide bonds. The molecule has 12 heteroatoms. The molecule has 5 aliphatic rings. The molecule has 5 heterocycles. The van der Waals surface area contributed by atoms with Gasteiger partial charge in [-0.15, -0.1) is 0 Å². The molecule has 0 radical (unpaired) electrons. The van der Waals surface area contributed by atoms with E-state index >= 15 is 0 Å². The number of fused-ring (bicyclic) bond motifs is 2. The van der Waals surface area contributed by atoms with Crippen LogP contribution < -0.4 is 29.9 Å². The number of carbonyl (C=O) groups excluding carboxylic acids is 3. The fraction of sp³-hybridized carbons (Fsp3) is 0.500. The molecule has 8 rings (SSSR count). The van der Waals surface area contributed by atoms with Gasteiger partial charge in [0, 0.05) is 36.4 Å². The minimum atomic E-state index is -2.48. The van der Waals surface area contributed by atoms with Crippen molar-refractivity contribution in [1.82, 2.24) is 10.2 Å². The van der Waals surface area contributed by atoms with E-state index in [1.165, 1.54) is 5.19 Å². The fourth-order valence-electron chi connectivity index (χ4n) is 10.6. The third-order valence-electron chi connectivity index (χ3n) is 13.5. The number of anilines is 3. The Morgan fingerprint density at radius 3 is 2.41 bits per heavy atom. The molecule has 5 aliphatic heterocycles. The molecule has 0 unspecified atom stereocenters. The van der Waals surface area contributed by atoms with E-state index in [0.717, 1.165) is 54.3 Å². The van der Waals surface area contributed by atoms with E-state index < -0.39 is 25.3 Å². The summed E-state index contributed by atoms with van der Waals surface area (Å²) in [5.41, 5.74) is 1.13. The number of nitrogens with one attached hydrogen (secondary N) is 1. The van der Waals surface area contributed by atoms with Crippen molar-refractivity contribution in [2.24, 2.45) is 5.92 Å². The van der Waals surface area contributed by atoms with Gasteiger partial charge in [0.15, 0.2) is 5.60 Å². The van der Waals surface area contributed by atoms with Crippen molar-refractivity contribution in [3.63, 3.8) is 0 Å². The molecular formula is C42H53N5O6Si. The smallest absolute Gasteiger partial charge is 0.264 e. The molecule has 3 aromatic rings. The first kappa shape index (κ1) is 36.7. The van der Waals surface area contributed by atoms with Crippen molar-refractivity contribution in [3.8, 4) is 5.75 Å². The van der Waals surface area contributed by atoms with E-state index in [2.05, 4.69) is 54.5 Å². The van der Waals surface area contributed by atoms with Gasteiger partial charge in [0.05, 0.1) is 52.7 Å². The summed E-state index contributed by atoms with van der Waals surface area (Å²) in [6, 6.07) is 24.1. The van der Waals surface area contributed by atoms with Gasteiger partial charge in [-0.05, 0) is 86.8 Å². The second-order valence-electron chi connectivity index (χ2n) is 16.4. The number of benzene rings is 3. The van der Waals surface area contributed by atoms with Crippen LogP contribution in [0.5, 0.6) is 5.75 Å². The van der Waals surface area contributed by atoms with Crippen molar-refractivity contribution in [1.29, 1.82) is 0 Å². The van der Waals surface area contributed by atoms with E-state index in [0.29, 0.717) is 26.1 Å². The van der Waals surface area contributed by atoms with E-state index in [-0.39, 0.29) is 48.3 Å². The first-order valence-electron chi connectivity index (χ1n) is 19.5. The van der Waals surface area contributed by atoms with Crippen molar-refractivity contribution < 1.29 is 29.0 Å². The first-order chi connectivity index (χ1) is 26.0. The van der Waals surface area contributed by atoms with Crippen LogP contribution in [-0.4, -0.2) is 101 Å². The lowest BCUT2D eigenvalue weighted by Gasteiger charge is -2.39. The van der Waals surface area contributed by atoms with Crippen LogP contribution in [0.4, 0.5) is 17.1 Å². The third-order valence-corrected chi connectivity index (χ3v) is 17.8. The Morgan fingerprint density at radius 1 is 1.00 bits per heavy atom. The highest BCUT2D eigenvalue weighted by Gasteiger charge is 2.66. The van der Waals surface area contributed by atoms with E-state index in [1.54, 1.807) is 24.0 Å². The van der Waals surface area contributed by atoms with Gasteiger partial charge < -0.3 is 34.6 Å².